The minimum atomic E-state index is 0.236. The normalized spacial score (nSPS) is 17.5. The maximum absolute atomic E-state index is 6.31. The summed E-state index contributed by atoms with van der Waals surface area (Å²) >= 11 is 0. The van der Waals surface area contributed by atoms with Crippen molar-refractivity contribution in [2.45, 2.75) is 64.5 Å². The Morgan fingerprint density at radius 2 is 1.90 bits per heavy atom. The first-order chi connectivity index (χ1) is 10.3. The van der Waals surface area contributed by atoms with Gasteiger partial charge in [-0.3, -0.25) is 0 Å². The Morgan fingerprint density at radius 3 is 2.57 bits per heavy atom. The lowest BCUT2D eigenvalue weighted by atomic mass is 9.97. The zero-order valence-corrected chi connectivity index (χ0v) is 13.7. The van der Waals surface area contributed by atoms with Crippen LogP contribution in [0.4, 0.5) is 0 Å². The molecule has 0 aliphatic heterocycles. The molecule has 118 valence electrons. The average Bonchev–Trinajstić information content (AvgIpc) is 2.53. The summed E-state index contributed by atoms with van der Waals surface area (Å²) in [6.45, 7) is 5.37. The van der Waals surface area contributed by atoms with Crippen LogP contribution in [-0.2, 0) is 0 Å². The fraction of sp³-hybridized carbons (Fsp3) is 0.667. The van der Waals surface area contributed by atoms with Gasteiger partial charge in [0.2, 0.25) is 0 Å². The second-order valence-corrected chi connectivity index (χ2v) is 5.93. The van der Waals surface area contributed by atoms with Gasteiger partial charge in [-0.15, -0.1) is 0 Å². The highest BCUT2D eigenvalue weighted by Crippen LogP contribution is 2.36. The molecule has 0 amide bonds. The molecule has 3 nitrogen and oxygen atoms in total. The molecule has 1 aromatic rings. The van der Waals surface area contributed by atoms with Gasteiger partial charge in [0.25, 0.3) is 0 Å². The molecule has 1 N–H and O–H groups in total. The van der Waals surface area contributed by atoms with E-state index in [0.29, 0.717) is 6.10 Å². The average molecular weight is 291 g/mol. The van der Waals surface area contributed by atoms with Gasteiger partial charge in [0.1, 0.15) is 11.5 Å². The first-order valence-corrected chi connectivity index (χ1v) is 8.33. The van der Waals surface area contributed by atoms with Crippen LogP contribution in [0.1, 0.15) is 64.0 Å². The Labute approximate surface area is 129 Å². The third kappa shape index (κ3) is 4.37. The van der Waals surface area contributed by atoms with Crippen molar-refractivity contribution in [1.82, 2.24) is 5.32 Å². The van der Waals surface area contributed by atoms with Crippen molar-refractivity contribution < 1.29 is 9.47 Å². The molecule has 0 spiro atoms. The predicted octanol–water partition coefficient (Wildman–Crippen LogP) is 4.47. The second-order valence-electron chi connectivity index (χ2n) is 5.93. The summed E-state index contributed by atoms with van der Waals surface area (Å²) in [5, 5.41) is 3.54. The quantitative estimate of drug-likeness (QED) is 0.804. The summed E-state index contributed by atoms with van der Waals surface area (Å²) in [4.78, 5) is 0. The van der Waals surface area contributed by atoms with Crippen molar-refractivity contribution in [3.8, 4) is 11.5 Å². The maximum atomic E-state index is 6.31. The molecule has 3 heteroatoms. The van der Waals surface area contributed by atoms with Crippen molar-refractivity contribution in [2.75, 3.05) is 13.7 Å². The van der Waals surface area contributed by atoms with E-state index in [-0.39, 0.29) is 6.04 Å². The Balaban J connectivity index is 2.17. The van der Waals surface area contributed by atoms with Crippen molar-refractivity contribution in [1.29, 1.82) is 0 Å². The van der Waals surface area contributed by atoms with E-state index in [1.807, 2.05) is 12.1 Å². The zero-order chi connectivity index (χ0) is 15.1. The molecule has 0 saturated heterocycles. The van der Waals surface area contributed by atoms with Gasteiger partial charge in [-0.1, -0.05) is 19.4 Å². The van der Waals surface area contributed by atoms with Gasteiger partial charge in [0, 0.05) is 6.04 Å². The van der Waals surface area contributed by atoms with E-state index in [1.165, 1.54) is 32.1 Å². The third-order valence-corrected chi connectivity index (χ3v) is 4.23. The van der Waals surface area contributed by atoms with Crippen molar-refractivity contribution >= 4 is 0 Å². The molecule has 1 atom stereocenters. The Hall–Kier alpha value is -1.22. The van der Waals surface area contributed by atoms with E-state index in [4.69, 9.17) is 9.47 Å². The van der Waals surface area contributed by atoms with Crippen LogP contribution in [0.2, 0.25) is 0 Å². The van der Waals surface area contributed by atoms with Crippen LogP contribution in [0.25, 0.3) is 0 Å². The first-order valence-electron chi connectivity index (χ1n) is 8.33. The van der Waals surface area contributed by atoms with Crippen LogP contribution >= 0.6 is 0 Å². The van der Waals surface area contributed by atoms with Gasteiger partial charge in [0.05, 0.1) is 18.8 Å². The summed E-state index contributed by atoms with van der Waals surface area (Å²) in [6, 6.07) is 6.36. The van der Waals surface area contributed by atoms with E-state index in [9.17, 15) is 0 Å². The molecular formula is C18H29NO2. The summed E-state index contributed by atoms with van der Waals surface area (Å²) in [6.07, 6.45) is 7.75. The van der Waals surface area contributed by atoms with Gasteiger partial charge in [-0.2, -0.15) is 0 Å². The number of ether oxygens (including phenoxy) is 2. The molecule has 1 saturated carbocycles. The van der Waals surface area contributed by atoms with E-state index in [1.54, 1.807) is 7.11 Å². The fourth-order valence-corrected chi connectivity index (χ4v) is 3.06. The van der Waals surface area contributed by atoms with Crippen LogP contribution in [0.15, 0.2) is 18.2 Å². The van der Waals surface area contributed by atoms with Crippen LogP contribution in [-0.4, -0.2) is 19.8 Å². The van der Waals surface area contributed by atoms with Crippen molar-refractivity contribution in [3.05, 3.63) is 23.8 Å². The molecule has 1 aliphatic rings. The SMILES string of the molecule is CCCNC(C)c1c(OC)cccc1OC1CCCCC1. The summed E-state index contributed by atoms with van der Waals surface area (Å²) < 4.78 is 11.9. The standard InChI is InChI=1S/C18H29NO2/c1-4-13-19-14(2)18-16(20-3)11-8-12-17(18)21-15-9-6-5-7-10-15/h8,11-12,14-15,19H,4-7,9-10,13H2,1-3H3. The topological polar surface area (TPSA) is 30.5 Å². The molecular weight excluding hydrogens is 262 g/mol. The van der Waals surface area contributed by atoms with E-state index < -0.39 is 0 Å². The maximum Gasteiger partial charge on any atom is 0.128 e. The van der Waals surface area contributed by atoms with Gasteiger partial charge >= 0.3 is 0 Å². The molecule has 1 fully saturated rings. The second kappa shape index (κ2) is 8.28. The largest absolute Gasteiger partial charge is 0.496 e. The number of methoxy groups -OCH3 is 1. The number of benzene rings is 1. The lowest BCUT2D eigenvalue weighted by Crippen LogP contribution is -2.24. The highest BCUT2D eigenvalue weighted by molar-refractivity contribution is 5.47. The summed E-state index contributed by atoms with van der Waals surface area (Å²) in [7, 11) is 1.73. The predicted molar refractivity (Wildman–Crippen MR) is 87.2 cm³/mol. The minimum absolute atomic E-state index is 0.236. The van der Waals surface area contributed by atoms with Crippen LogP contribution in [0.5, 0.6) is 11.5 Å². The van der Waals surface area contributed by atoms with Crippen LogP contribution in [0, 0.1) is 0 Å². The number of rotatable bonds is 7. The van der Waals surface area contributed by atoms with Crippen LogP contribution < -0.4 is 14.8 Å². The Bertz CT molecular complexity index is 427. The van der Waals surface area contributed by atoms with Gasteiger partial charge in [0.15, 0.2) is 0 Å². The van der Waals surface area contributed by atoms with Gasteiger partial charge < -0.3 is 14.8 Å². The van der Waals surface area contributed by atoms with Gasteiger partial charge in [-0.05, 0) is 57.7 Å². The fourth-order valence-electron chi connectivity index (χ4n) is 3.06. The monoisotopic (exact) mass is 291 g/mol. The third-order valence-electron chi connectivity index (χ3n) is 4.23. The molecule has 0 heterocycles. The number of hydrogen-bond donors (Lipinski definition) is 1. The van der Waals surface area contributed by atoms with Crippen LogP contribution in [0.3, 0.4) is 0 Å². The lowest BCUT2D eigenvalue weighted by molar-refractivity contribution is 0.152. The first kappa shape index (κ1) is 16.2. The molecule has 0 radical (unpaired) electrons. The van der Waals surface area contributed by atoms with E-state index in [2.05, 4.69) is 25.2 Å². The molecule has 0 aromatic heterocycles. The summed E-state index contributed by atoms with van der Waals surface area (Å²) in [5.41, 5.74) is 1.15. The Morgan fingerprint density at radius 1 is 1.19 bits per heavy atom. The number of nitrogens with one attached hydrogen (secondary N) is 1. The minimum Gasteiger partial charge on any atom is -0.496 e. The molecule has 21 heavy (non-hydrogen) atoms. The zero-order valence-electron chi connectivity index (χ0n) is 13.7. The highest BCUT2D eigenvalue weighted by atomic mass is 16.5. The Kier molecular flexibility index (Phi) is 6.37. The van der Waals surface area contributed by atoms with Crippen molar-refractivity contribution in [2.24, 2.45) is 0 Å². The molecule has 1 aliphatic carbocycles. The summed E-state index contributed by atoms with van der Waals surface area (Å²) in [5.74, 6) is 1.90. The molecule has 1 unspecified atom stereocenters. The molecule has 2 rings (SSSR count). The smallest absolute Gasteiger partial charge is 0.128 e. The van der Waals surface area contributed by atoms with Crippen molar-refractivity contribution in [3.63, 3.8) is 0 Å². The lowest BCUT2D eigenvalue weighted by Gasteiger charge is -2.27. The highest BCUT2D eigenvalue weighted by Gasteiger charge is 2.21. The molecule has 1 aromatic carbocycles. The molecule has 0 bridgehead atoms. The van der Waals surface area contributed by atoms with E-state index in [0.717, 1.165) is 30.0 Å². The van der Waals surface area contributed by atoms with Gasteiger partial charge in [-0.25, -0.2) is 0 Å². The van der Waals surface area contributed by atoms with E-state index >= 15 is 0 Å². The number of hydrogen-bond acceptors (Lipinski definition) is 3.